The molecule has 0 saturated heterocycles. The zero-order chi connectivity index (χ0) is 20.6. The first-order chi connectivity index (χ1) is 14.1. The Morgan fingerprint density at radius 1 is 1.10 bits per heavy atom. The number of aromatic nitrogens is 1. The van der Waals surface area contributed by atoms with Gasteiger partial charge in [0.2, 0.25) is 5.76 Å². The number of hydrogen-bond acceptors (Lipinski definition) is 6. The minimum Gasteiger partial charge on any atom is -0.475 e. The molecule has 0 bridgehead atoms. The van der Waals surface area contributed by atoms with E-state index >= 15 is 0 Å². The Morgan fingerprint density at radius 3 is 2.62 bits per heavy atom. The van der Waals surface area contributed by atoms with Gasteiger partial charge in [0, 0.05) is 12.1 Å². The van der Waals surface area contributed by atoms with Gasteiger partial charge in [-0.25, -0.2) is 5.48 Å². The SMILES string of the molecule is Cc1cc(C(=O)NCCCOc2cc(C(=O)NO)on2)ccc1-c1ccccc1. The van der Waals surface area contributed by atoms with Crippen molar-refractivity contribution in [2.24, 2.45) is 0 Å². The lowest BCUT2D eigenvalue weighted by atomic mass is 9.98. The van der Waals surface area contributed by atoms with Gasteiger partial charge in [0.15, 0.2) is 0 Å². The van der Waals surface area contributed by atoms with E-state index in [1.807, 2.05) is 55.5 Å². The molecule has 0 aliphatic carbocycles. The van der Waals surface area contributed by atoms with Crippen molar-refractivity contribution in [1.82, 2.24) is 16.0 Å². The summed E-state index contributed by atoms with van der Waals surface area (Å²) >= 11 is 0. The maximum absolute atomic E-state index is 12.3. The lowest BCUT2D eigenvalue weighted by Crippen LogP contribution is -2.25. The Balaban J connectivity index is 1.45. The minimum atomic E-state index is -0.812. The second-order valence-corrected chi connectivity index (χ2v) is 6.32. The fraction of sp³-hybridized carbons (Fsp3) is 0.190. The highest BCUT2D eigenvalue weighted by Crippen LogP contribution is 2.24. The fourth-order valence-corrected chi connectivity index (χ4v) is 2.79. The van der Waals surface area contributed by atoms with E-state index in [1.54, 1.807) is 0 Å². The Hall–Kier alpha value is -3.65. The first-order valence-corrected chi connectivity index (χ1v) is 9.06. The average molecular weight is 395 g/mol. The van der Waals surface area contributed by atoms with Gasteiger partial charge in [-0.15, -0.1) is 0 Å². The third-order valence-corrected chi connectivity index (χ3v) is 4.24. The molecule has 1 aromatic heterocycles. The van der Waals surface area contributed by atoms with Gasteiger partial charge in [-0.05, 0) is 47.3 Å². The fourth-order valence-electron chi connectivity index (χ4n) is 2.79. The molecule has 0 saturated carbocycles. The van der Waals surface area contributed by atoms with E-state index in [4.69, 9.17) is 14.5 Å². The van der Waals surface area contributed by atoms with Gasteiger partial charge in [0.1, 0.15) is 0 Å². The van der Waals surface area contributed by atoms with Gasteiger partial charge in [0.25, 0.3) is 11.8 Å². The van der Waals surface area contributed by atoms with Crippen LogP contribution in [0.5, 0.6) is 5.88 Å². The van der Waals surface area contributed by atoms with Crippen molar-refractivity contribution in [3.63, 3.8) is 0 Å². The molecule has 8 nitrogen and oxygen atoms in total. The molecule has 0 aliphatic heterocycles. The summed E-state index contributed by atoms with van der Waals surface area (Å²) in [7, 11) is 0. The highest BCUT2D eigenvalue weighted by Gasteiger charge is 2.13. The number of nitrogens with one attached hydrogen (secondary N) is 2. The molecule has 1 heterocycles. The van der Waals surface area contributed by atoms with Crippen LogP contribution in [0.2, 0.25) is 0 Å². The number of benzene rings is 2. The predicted octanol–water partition coefficient (Wildman–Crippen LogP) is 2.97. The number of aryl methyl sites for hydroxylation is 1. The smallest absolute Gasteiger partial charge is 0.313 e. The van der Waals surface area contributed by atoms with E-state index < -0.39 is 5.91 Å². The zero-order valence-corrected chi connectivity index (χ0v) is 15.8. The third-order valence-electron chi connectivity index (χ3n) is 4.24. The largest absolute Gasteiger partial charge is 0.475 e. The number of hydrogen-bond donors (Lipinski definition) is 3. The Bertz CT molecular complexity index is 985. The molecule has 3 N–H and O–H groups in total. The van der Waals surface area contributed by atoms with Crippen LogP contribution < -0.4 is 15.5 Å². The van der Waals surface area contributed by atoms with Crippen LogP contribution >= 0.6 is 0 Å². The van der Waals surface area contributed by atoms with Crippen LogP contribution in [0.15, 0.2) is 59.1 Å². The molecule has 0 spiro atoms. The molecule has 2 aromatic carbocycles. The van der Waals surface area contributed by atoms with E-state index in [2.05, 4.69) is 10.5 Å². The first-order valence-electron chi connectivity index (χ1n) is 9.06. The van der Waals surface area contributed by atoms with Crippen molar-refractivity contribution in [3.8, 4) is 17.0 Å². The summed E-state index contributed by atoms with van der Waals surface area (Å²) in [5, 5.41) is 14.9. The third kappa shape index (κ3) is 5.20. The van der Waals surface area contributed by atoms with Crippen LogP contribution in [-0.4, -0.2) is 35.3 Å². The lowest BCUT2D eigenvalue weighted by molar-refractivity contribution is 0.0666. The summed E-state index contributed by atoms with van der Waals surface area (Å²) in [4.78, 5) is 23.5. The molecule has 150 valence electrons. The van der Waals surface area contributed by atoms with E-state index in [0.717, 1.165) is 16.7 Å². The normalized spacial score (nSPS) is 10.4. The van der Waals surface area contributed by atoms with Crippen molar-refractivity contribution in [2.75, 3.05) is 13.2 Å². The molecule has 0 aliphatic rings. The van der Waals surface area contributed by atoms with Gasteiger partial charge in [-0.3, -0.25) is 14.8 Å². The van der Waals surface area contributed by atoms with Crippen LogP contribution in [0, 0.1) is 6.92 Å². The molecular weight excluding hydrogens is 374 g/mol. The molecular formula is C21H21N3O5. The number of carbonyl (C=O) groups excluding carboxylic acids is 2. The standard InChI is InChI=1S/C21H21N3O5/c1-14-12-16(8-9-17(14)15-6-3-2-4-7-15)20(25)22-10-5-11-28-19-13-18(29-24-19)21(26)23-27/h2-4,6-9,12-13,27H,5,10-11H2,1H3,(H,22,25)(H,23,26). The van der Waals surface area contributed by atoms with Crippen LogP contribution in [0.1, 0.15) is 32.9 Å². The summed E-state index contributed by atoms with van der Waals surface area (Å²) in [5.41, 5.74) is 5.27. The number of carbonyl (C=O) groups is 2. The second-order valence-electron chi connectivity index (χ2n) is 6.32. The molecule has 8 heteroatoms. The van der Waals surface area contributed by atoms with Crippen molar-refractivity contribution in [3.05, 3.63) is 71.5 Å². The summed E-state index contributed by atoms with van der Waals surface area (Å²) in [6, 6.07) is 16.9. The monoisotopic (exact) mass is 395 g/mol. The average Bonchev–Trinajstić information content (AvgIpc) is 3.22. The molecule has 2 amide bonds. The molecule has 29 heavy (non-hydrogen) atoms. The Morgan fingerprint density at radius 2 is 1.90 bits per heavy atom. The number of rotatable bonds is 8. The van der Waals surface area contributed by atoms with Crippen LogP contribution in [0.25, 0.3) is 11.1 Å². The van der Waals surface area contributed by atoms with Gasteiger partial charge < -0.3 is 14.6 Å². The highest BCUT2D eigenvalue weighted by molar-refractivity contribution is 5.95. The van der Waals surface area contributed by atoms with Crippen molar-refractivity contribution >= 4 is 11.8 Å². The molecule has 3 aromatic rings. The molecule has 0 radical (unpaired) electrons. The number of ether oxygens (including phenoxy) is 1. The van der Waals surface area contributed by atoms with Gasteiger partial charge in [0.05, 0.1) is 12.7 Å². The first kappa shape index (κ1) is 20.1. The predicted molar refractivity (Wildman–Crippen MR) is 105 cm³/mol. The van der Waals surface area contributed by atoms with E-state index in [-0.39, 0.29) is 24.2 Å². The zero-order valence-electron chi connectivity index (χ0n) is 15.8. The maximum Gasteiger partial charge on any atom is 0.313 e. The maximum atomic E-state index is 12.3. The van der Waals surface area contributed by atoms with E-state index in [9.17, 15) is 9.59 Å². The summed E-state index contributed by atoms with van der Waals surface area (Å²) < 4.78 is 10.0. The van der Waals surface area contributed by atoms with Gasteiger partial charge in [-0.2, -0.15) is 0 Å². The quantitative estimate of drug-likeness (QED) is 0.307. The number of hydroxylamine groups is 1. The Labute approximate surface area is 167 Å². The van der Waals surface area contributed by atoms with Gasteiger partial charge >= 0.3 is 5.91 Å². The minimum absolute atomic E-state index is 0.127. The van der Waals surface area contributed by atoms with Crippen molar-refractivity contribution in [1.29, 1.82) is 0 Å². The number of nitrogens with zero attached hydrogens (tertiary/aromatic N) is 1. The lowest BCUT2D eigenvalue weighted by Gasteiger charge is -2.10. The summed E-state index contributed by atoms with van der Waals surface area (Å²) in [5.74, 6) is -1.00. The number of amides is 2. The van der Waals surface area contributed by atoms with Crippen LogP contribution in [0.4, 0.5) is 0 Å². The van der Waals surface area contributed by atoms with Crippen molar-refractivity contribution in [2.45, 2.75) is 13.3 Å². The summed E-state index contributed by atoms with van der Waals surface area (Å²) in [6.45, 7) is 2.68. The van der Waals surface area contributed by atoms with E-state index in [0.29, 0.717) is 18.5 Å². The van der Waals surface area contributed by atoms with Crippen LogP contribution in [-0.2, 0) is 0 Å². The second kappa shape index (κ2) is 9.52. The Kier molecular flexibility index (Phi) is 6.59. The van der Waals surface area contributed by atoms with E-state index in [1.165, 1.54) is 11.5 Å². The van der Waals surface area contributed by atoms with Gasteiger partial charge in [-0.1, -0.05) is 36.4 Å². The topological polar surface area (TPSA) is 114 Å². The van der Waals surface area contributed by atoms with Crippen LogP contribution in [0.3, 0.4) is 0 Å². The molecule has 0 atom stereocenters. The molecule has 0 fully saturated rings. The molecule has 0 unspecified atom stereocenters. The molecule has 3 rings (SSSR count). The summed E-state index contributed by atoms with van der Waals surface area (Å²) in [6.07, 6.45) is 0.543. The van der Waals surface area contributed by atoms with Crippen molar-refractivity contribution < 1.29 is 24.1 Å². The highest BCUT2D eigenvalue weighted by atomic mass is 16.5.